The van der Waals surface area contributed by atoms with Gasteiger partial charge < -0.3 is 15.3 Å². The van der Waals surface area contributed by atoms with Gasteiger partial charge in [-0.3, -0.25) is 9.59 Å². The first-order chi connectivity index (χ1) is 6.58. The van der Waals surface area contributed by atoms with E-state index in [0.717, 1.165) is 19.5 Å². The fourth-order valence-corrected chi connectivity index (χ4v) is 1.70. The smallest absolute Gasteiger partial charge is 0.322 e. The van der Waals surface area contributed by atoms with E-state index in [-0.39, 0.29) is 12.5 Å². The third kappa shape index (κ3) is 3.74. The summed E-state index contributed by atoms with van der Waals surface area (Å²) >= 11 is 0. The summed E-state index contributed by atoms with van der Waals surface area (Å²) in [7, 11) is 2.02. The molecule has 1 amide bonds. The number of hydrogen-bond donors (Lipinski definition) is 2. The highest BCUT2D eigenvalue weighted by atomic mass is 16.4. The molecular weight excluding hydrogens is 184 g/mol. The van der Waals surface area contributed by atoms with Crippen LogP contribution in [0.1, 0.15) is 12.8 Å². The first-order valence-electron chi connectivity index (χ1n) is 4.75. The molecule has 5 nitrogen and oxygen atoms in total. The molecule has 5 heteroatoms. The second-order valence-corrected chi connectivity index (χ2v) is 3.79. The quantitative estimate of drug-likeness (QED) is 0.643. The largest absolute Gasteiger partial charge is 0.480 e. The minimum Gasteiger partial charge on any atom is -0.480 e. The average Bonchev–Trinajstić information content (AvgIpc) is 2.48. The van der Waals surface area contributed by atoms with Crippen molar-refractivity contribution in [3.8, 4) is 0 Å². The molecule has 1 rings (SSSR count). The molecular formula is C9H16N2O3. The molecule has 1 aliphatic rings. The summed E-state index contributed by atoms with van der Waals surface area (Å²) < 4.78 is 0. The van der Waals surface area contributed by atoms with Crippen molar-refractivity contribution in [1.29, 1.82) is 0 Å². The maximum Gasteiger partial charge on any atom is 0.322 e. The minimum absolute atomic E-state index is 0.160. The van der Waals surface area contributed by atoms with Gasteiger partial charge in [-0.25, -0.2) is 0 Å². The SMILES string of the molecule is CN1CCC(CC(=O)NCC(=O)O)C1. The first-order valence-corrected chi connectivity index (χ1v) is 4.75. The fourth-order valence-electron chi connectivity index (χ4n) is 1.70. The van der Waals surface area contributed by atoms with Crippen LogP contribution in [0.25, 0.3) is 0 Å². The molecule has 1 unspecified atom stereocenters. The number of carboxylic acids is 1. The molecule has 1 atom stereocenters. The molecule has 1 heterocycles. The molecule has 0 aromatic heterocycles. The highest BCUT2D eigenvalue weighted by molar-refractivity contribution is 5.81. The number of nitrogens with one attached hydrogen (secondary N) is 1. The Hall–Kier alpha value is -1.10. The molecule has 0 radical (unpaired) electrons. The second-order valence-electron chi connectivity index (χ2n) is 3.79. The van der Waals surface area contributed by atoms with Crippen LogP contribution in [0.3, 0.4) is 0 Å². The summed E-state index contributed by atoms with van der Waals surface area (Å²) in [6.07, 6.45) is 1.47. The molecule has 1 saturated heterocycles. The standard InChI is InChI=1S/C9H16N2O3/c1-11-3-2-7(6-11)4-8(12)10-5-9(13)14/h7H,2-6H2,1H3,(H,10,12)(H,13,14). The zero-order valence-corrected chi connectivity index (χ0v) is 8.32. The van der Waals surface area contributed by atoms with E-state index in [0.29, 0.717) is 12.3 Å². The molecule has 0 aliphatic carbocycles. The predicted molar refractivity (Wildman–Crippen MR) is 50.9 cm³/mol. The van der Waals surface area contributed by atoms with Gasteiger partial charge in [-0.15, -0.1) is 0 Å². The lowest BCUT2D eigenvalue weighted by Crippen LogP contribution is -2.31. The number of likely N-dealkylation sites (tertiary alicyclic amines) is 1. The van der Waals surface area contributed by atoms with Crippen molar-refractivity contribution < 1.29 is 14.7 Å². The summed E-state index contributed by atoms with van der Waals surface area (Å²) in [5.74, 6) is -0.775. The Morgan fingerprint density at radius 3 is 2.79 bits per heavy atom. The maximum absolute atomic E-state index is 11.2. The number of hydrogen-bond acceptors (Lipinski definition) is 3. The van der Waals surface area contributed by atoms with Crippen LogP contribution < -0.4 is 5.32 Å². The summed E-state index contributed by atoms with van der Waals surface area (Å²) in [6.45, 7) is 1.68. The van der Waals surface area contributed by atoms with Gasteiger partial charge in [0.25, 0.3) is 0 Å². The van der Waals surface area contributed by atoms with Crippen molar-refractivity contribution >= 4 is 11.9 Å². The van der Waals surface area contributed by atoms with Crippen LogP contribution in [0, 0.1) is 5.92 Å². The van der Waals surface area contributed by atoms with E-state index in [2.05, 4.69) is 10.2 Å². The highest BCUT2D eigenvalue weighted by Crippen LogP contribution is 2.17. The van der Waals surface area contributed by atoms with Crippen LogP contribution in [-0.2, 0) is 9.59 Å². The lowest BCUT2D eigenvalue weighted by Gasteiger charge is -2.09. The topological polar surface area (TPSA) is 69.6 Å². The van der Waals surface area contributed by atoms with Gasteiger partial charge >= 0.3 is 5.97 Å². The fraction of sp³-hybridized carbons (Fsp3) is 0.778. The molecule has 2 N–H and O–H groups in total. The van der Waals surface area contributed by atoms with Gasteiger partial charge in [-0.05, 0) is 25.9 Å². The van der Waals surface area contributed by atoms with Gasteiger partial charge in [0.15, 0.2) is 0 Å². The average molecular weight is 200 g/mol. The van der Waals surface area contributed by atoms with E-state index in [1.54, 1.807) is 0 Å². The van der Waals surface area contributed by atoms with E-state index >= 15 is 0 Å². The second kappa shape index (κ2) is 4.95. The van der Waals surface area contributed by atoms with Crippen molar-refractivity contribution in [1.82, 2.24) is 10.2 Å². The van der Waals surface area contributed by atoms with Crippen LogP contribution in [0.4, 0.5) is 0 Å². The summed E-state index contributed by atoms with van der Waals surface area (Å²) in [5.41, 5.74) is 0. The molecule has 0 aromatic rings. The van der Waals surface area contributed by atoms with Crippen molar-refractivity contribution in [2.75, 3.05) is 26.7 Å². The number of nitrogens with zero attached hydrogens (tertiary/aromatic N) is 1. The number of amides is 1. The Kier molecular flexibility index (Phi) is 3.88. The predicted octanol–water partition coefficient (Wildman–Crippen LogP) is -0.471. The molecule has 0 saturated carbocycles. The number of carboxylic acid groups (broad SMARTS) is 1. The lowest BCUT2D eigenvalue weighted by molar-refractivity contribution is -0.138. The normalized spacial score (nSPS) is 22.2. The Morgan fingerprint density at radius 1 is 1.57 bits per heavy atom. The van der Waals surface area contributed by atoms with E-state index < -0.39 is 5.97 Å². The Labute approximate surface area is 83.1 Å². The van der Waals surface area contributed by atoms with Gasteiger partial charge in [0.2, 0.25) is 5.91 Å². The van der Waals surface area contributed by atoms with Crippen LogP contribution >= 0.6 is 0 Å². The molecule has 1 fully saturated rings. The van der Waals surface area contributed by atoms with E-state index in [4.69, 9.17) is 5.11 Å². The summed E-state index contributed by atoms with van der Waals surface area (Å²) in [5, 5.41) is 10.7. The van der Waals surface area contributed by atoms with E-state index in [1.165, 1.54) is 0 Å². The van der Waals surface area contributed by atoms with Gasteiger partial charge in [-0.2, -0.15) is 0 Å². The van der Waals surface area contributed by atoms with E-state index in [1.807, 2.05) is 7.05 Å². The number of rotatable bonds is 4. The molecule has 0 aromatic carbocycles. The van der Waals surface area contributed by atoms with E-state index in [9.17, 15) is 9.59 Å². The van der Waals surface area contributed by atoms with Gasteiger partial charge in [0.05, 0.1) is 0 Å². The minimum atomic E-state index is -0.998. The monoisotopic (exact) mass is 200 g/mol. The Morgan fingerprint density at radius 2 is 2.29 bits per heavy atom. The highest BCUT2D eigenvalue weighted by Gasteiger charge is 2.21. The van der Waals surface area contributed by atoms with Crippen molar-refractivity contribution in [3.05, 3.63) is 0 Å². The summed E-state index contributed by atoms with van der Waals surface area (Å²) in [6, 6.07) is 0. The van der Waals surface area contributed by atoms with Gasteiger partial charge in [0, 0.05) is 13.0 Å². The lowest BCUT2D eigenvalue weighted by atomic mass is 10.0. The molecule has 1 aliphatic heterocycles. The van der Waals surface area contributed by atoms with Crippen molar-refractivity contribution in [3.63, 3.8) is 0 Å². The number of carbonyl (C=O) groups excluding carboxylic acids is 1. The van der Waals surface area contributed by atoms with Gasteiger partial charge in [-0.1, -0.05) is 0 Å². The summed E-state index contributed by atoms with van der Waals surface area (Å²) in [4.78, 5) is 23.6. The van der Waals surface area contributed by atoms with Crippen LogP contribution in [0.2, 0.25) is 0 Å². The first kappa shape index (κ1) is 11.0. The van der Waals surface area contributed by atoms with Crippen LogP contribution in [0.5, 0.6) is 0 Å². The van der Waals surface area contributed by atoms with Crippen LogP contribution in [0.15, 0.2) is 0 Å². The van der Waals surface area contributed by atoms with Crippen LogP contribution in [-0.4, -0.2) is 48.6 Å². The van der Waals surface area contributed by atoms with Gasteiger partial charge in [0.1, 0.15) is 6.54 Å². The zero-order chi connectivity index (χ0) is 10.6. The Balaban J connectivity index is 2.17. The maximum atomic E-state index is 11.2. The molecule has 0 spiro atoms. The number of carbonyl (C=O) groups is 2. The number of aliphatic carboxylic acids is 1. The molecule has 80 valence electrons. The zero-order valence-electron chi connectivity index (χ0n) is 8.32. The third-order valence-corrected chi connectivity index (χ3v) is 2.40. The third-order valence-electron chi connectivity index (χ3n) is 2.40. The molecule has 14 heavy (non-hydrogen) atoms. The van der Waals surface area contributed by atoms with Crippen molar-refractivity contribution in [2.45, 2.75) is 12.8 Å². The molecule has 0 bridgehead atoms. The van der Waals surface area contributed by atoms with Crippen molar-refractivity contribution in [2.24, 2.45) is 5.92 Å². The Bertz CT molecular complexity index is 230.